The van der Waals surface area contributed by atoms with Gasteiger partial charge in [-0.3, -0.25) is 9.59 Å². The van der Waals surface area contributed by atoms with Crippen LogP contribution in [0.1, 0.15) is 18.1 Å². The molecule has 0 aliphatic heterocycles. The number of carbonyl (C=O) groups excluding carboxylic acids is 2. The first kappa shape index (κ1) is 19.0. The number of esters is 1. The van der Waals surface area contributed by atoms with Crippen LogP contribution in [0.3, 0.4) is 0 Å². The molecule has 0 saturated carbocycles. The van der Waals surface area contributed by atoms with Crippen molar-refractivity contribution in [3.63, 3.8) is 0 Å². The van der Waals surface area contributed by atoms with Gasteiger partial charge in [-0.1, -0.05) is 37.3 Å². The van der Waals surface area contributed by atoms with Gasteiger partial charge in [0.25, 0.3) is 5.91 Å². The van der Waals surface area contributed by atoms with Crippen molar-refractivity contribution < 1.29 is 18.7 Å². The number of ether oxygens (including phenoxy) is 1. The van der Waals surface area contributed by atoms with Gasteiger partial charge >= 0.3 is 5.97 Å². The Balaban J connectivity index is 1.82. The lowest BCUT2D eigenvalue weighted by molar-refractivity contribution is -0.144. The van der Waals surface area contributed by atoms with Crippen molar-refractivity contribution in [1.82, 2.24) is 0 Å². The SMILES string of the molecule is CCc1cccc(C)c1NC(=O)COC(=O)CSc1ccccc1F. The van der Waals surface area contributed by atoms with Crippen LogP contribution >= 0.6 is 11.8 Å². The lowest BCUT2D eigenvalue weighted by atomic mass is 10.1. The second-order valence-corrected chi connectivity index (χ2v) is 6.41. The molecule has 1 N–H and O–H groups in total. The van der Waals surface area contributed by atoms with Crippen molar-refractivity contribution in [3.8, 4) is 0 Å². The molecule has 6 heteroatoms. The minimum Gasteiger partial charge on any atom is -0.455 e. The summed E-state index contributed by atoms with van der Waals surface area (Å²) in [7, 11) is 0. The van der Waals surface area contributed by atoms with Crippen molar-refractivity contribution >= 4 is 29.3 Å². The molecule has 0 fully saturated rings. The van der Waals surface area contributed by atoms with Crippen LogP contribution in [0, 0.1) is 12.7 Å². The quantitative estimate of drug-likeness (QED) is 0.599. The summed E-state index contributed by atoms with van der Waals surface area (Å²) in [5.74, 6) is -1.40. The first-order chi connectivity index (χ1) is 12.0. The van der Waals surface area contributed by atoms with Crippen LogP contribution in [-0.4, -0.2) is 24.2 Å². The van der Waals surface area contributed by atoms with Gasteiger partial charge in [-0.2, -0.15) is 0 Å². The Morgan fingerprint density at radius 2 is 1.92 bits per heavy atom. The standard InChI is InChI=1S/C19H20FNO3S/c1-3-14-8-6-7-13(2)19(14)21-17(22)11-24-18(23)12-25-16-10-5-4-9-15(16)20/h4-10H,3,11-12H2,1-2H3,(H,21,22). The molecule has 1 amide bonds. The molecule has 132 valence electrons. The molecule has 0 aliphatic carbocycles. The van der Waals surface area contributed by atoms with E-state index < -0.39 is 11.9 Å². The normalized spacial score (nSPS) is 10.4. The summed E-state index contributed by atoms with van der Waals surface area (Å²) < 4.78 is 18.4. The van der Waals surface area contributed by atoms with Gasteiger partial charge in [-0.25, -0.2) is 4.39 Å². The van der Waals surface area contributed by atoms with E-state index in [-0.39, 0.29) is 18.2 Å². The van der Waals surface area contributed by atoms with Crippen LogP contribution in [0.15, 0.2) is 47.4 Å². The molecule has 2 aromatic rings. The summed E-state index contributed by atoms with van der Waals surface area (Å²) in [6, 6.07) is 12.0. The number of amides is 1. The number of rotatable bonds is 7. The predicted octanol–water partition coefficient (Wildman–Crippen LogP) is 3.97. The van der Waals surface area contributed by atoms with Gasteiger partial charge in [0.15, 0.2) is 6.61 Å². The largest absolute Gasteiger partial charge is 0.455 e. The Morgan fingerprint density at radius 1 is 1.16 bits per heavy atom. The van der Waals surface area contributed by atoms with Crippen molar-refractivity contribution in [2.45, 2.75) is 25.2 Å². The summed E-state index contributed by atoms with van der Waals surface area (Å²) in [6.45, 7) is 3.55. The van der Waals surface area contributed by atoms with Crippen molar-refractivity contribution in [3.05, 3.63) is 59.4 Å². The zero-order valence-corrected chi connectivity index (χ0v) is 15.0. The van der Waals surface area contributed by atoms with Crippen LogP contribution in [0.2, 0.25) is 0 Å². The van der Waals surface area contributed by atoms with Gasteiger partial charge in [0.2, 0.25) is 0 Å². The molecule has 0 atom stereocenters. The highest BCUT2D eigenvalue weighted by Gasteiger charge is 2.12. The molecule has 25 heavy (non-hydrogen) atoms. The Morgan fingerprint density at radius 3 is 2.64 bits per heavy atom. The highest BCUT2D eigenvalue weighted by Crippen LogP contribution is 2.22. The third kappa shape index (κ3) is 5.60. The molecule has 0 unspecified atom stereocenters. The first-order valence-corrected chi connectivity index (χ1v) is 8.91. The number of nitrogens with one attached hydrogen (secondary N) is 1. The number of benzene rings is 2. The minimum atomic E-state index is -0.566. The van der Waals surface area contributed by atoms with Crippen LogP contribution in [0.5, 0.6) is 0 Å². The van der Waals surface area contributed by atoms with Gasteiger partial charge in [0, 0.05) is 10.6 Å². The molecule has 0 bridgehead atoms. The molecule has 4 nitrogen and oxygen atoms in total. The third-order valence-electron chi connectivity index (χ3n) is 3.55. The van der Waals surface area contributed by atoms with Crippen LogP contribution < -0.4 is 5.32 Å². The third-order valence-corrected chi connectivity index (χ3v) is 4.57. The van der Waals surface area contributed by atoms with Crippen LogP contribution in [0.25, 0.3) is 0 Å². The van der Waals surface area contributed by atoms with Crippen molar-refractivity contribution in [2.24, 2.45) is 0 Å². The summed E-state index contributed by atoms with van der Waals surface area (Å²) in [4.78, 5) is 24.1. The zero-order chi connectivity index (χ0) is 18.2. The topological polar surface area (TPSA) is 55.4 Å². The van der Waals surface area contributed by atoms with E-state index in [1.807, 2.05) is 32.0 Å². The van der Waals surface area contributed by atoms with Gasteiger partial charge < -0.3 is 10.1 Å². The summed E-state index contributed by atoms with van der Waals surface area (Å²) in [5.41, 5.74) is 2.73. The fraction of sp³-hybridized carbons (Fsp3) is 0.263. The summed E-state index contributed by atoms with van der Waals surface area (Å²) in [6.07, 6.45) is 0.788. The molecule has 2 rings (SSSR count). The first-order valence-electron chi connectivity index (χ1n) is 7.92. The van der Waals surface area contributed by atoms with Crippen LogP contribution in [0.4, 0.5) is 10.1 Å². The number of hydrogen-bond donors (Lipinski definition) is 1. The van der Waals surface area contributed by atoms with E-state index in [0.717, 1.165) is 35.0 Å². The molecule has 0 aromatic heterocycles. The van der Waals surface area contributed by atoms with E-state index in [1.54, 1.807) is 18.2 Å². The minimum absolute atomic E-state index is 0.0568. The summed E-state index contributed by atoms with van der Waals surface area (Å²) >= 11 is 1.04. The summed E-state index contributed by atoms with van der Waals surface area (Å²) in [5, 5.41) is 2.79. The lowest BCUT2D eigenvalue weighted by Gasteiger charge is -2.13. The Bertz CT molecular complexity index is 764. The molecule has 0 heterocycles. The second kappa shape index (κ2) is 9.22. The molecule has 0 spiro atoms. The Labute approximate surface area is 150 Å². The highest BCUT2D eigenvalue weighted by molar-refractivity contribution is 8.00. The molecule has 0 saturated heterocycles. The molecular formula is C19H20FNO3S. The smallest absolute Gasteiger partial charge is 0.316 e. The van der Waals surface area contributed by atoms with Gasteiger partial charge in [-0.05, 0) is 36.6 Å². The predicted molar refractivity (Wildman–Crippen MR) is 97.3 cm³/mol. The van der Waals surface area contributed by atoms with Crippen LogP contribution in [-0.2, 0) is 20.7 Å². The van der Waals surface area contributed by atoms with Gasteiger partial charge in [0.1, 0.15) is 5.82 Å². The average Bonchev–Trinajstić information content (AvgIpc) is 2.61. The fourth-order valence-electron chi connectivity index (χ4n) is 2.26. The maximum absolute atomic E-state index is 13.5. The number of thioether (sulfide) groups is 1. The number of carbonyl (C=O) groups is 2. The van der Waals surface area contributed by atoms with Crippen molar-refractivity contribution in [1.29, 1.82) is 0 Å². The van der Waals surface area contributed by atoms with E-state index in [0.29, 0.717) is 4.90 Å². The zero-order valence-electron chi connectivity index (χ0n) is 14.2. The van der Waals surface area contributed by atoms with E-state index in [9.17, 15) is 14.0 Å². The maximum atomic E-state index is 13.5. The monoisotopic (exact) mass is 361 g/mol. The van der Waals surface area contributed by atoms with Gasteiger partial charge in [-0.15, -0.1) is 11.8 Å². The molecule has 0 aliphatic rings. The number of aryl methyl sites for hydroxylation is 2. The second-order valence-electron chi connectivity index (χ2n) is 5.39. The average molecular weight is 361 g/mol. The Hall–Kier alpha value is -2.34. The van der Waals surface area contributed by atoms with E-state index in [4.69, 9.17) is 4.74 Å². The maximum Gasteiger partial charge on any atom is 0.316 e. The molecule has 2 aromatic carbocycles. The fourth-order valence-corrected chi connectivity index (χ4v) is 3.00. The molecular weight excluding hydrogens is 341 g/mol. The molecule has 0 radical (unpaired) electrons. The highest BCUT2D eigenvalue weighted by atomic mass is 32.2. The number of para-hydroxylation sites is 1. The van der Waals surface area contributed by atoms with Crippen molar-refractivity contribution in [2.75, 3.05) is 17.7 Å². The lowest BCUT2D eigenvalue weighted by Crippen LogP contribution is -2.22. The van der Waals surface area contributed by atoms with E-state index in [2.05, 4.69) is 5.32 Å². The Kier molecular flexibility index (Phi) is 7.01. The van der Waals surface area contributed by atoms with Gasteiger partial charge in [0.05, 0.1) is 5.75 Å². The number of hydrogen-bond acceptors (Lipinski definition) is 4. The van der Waals surface area contributed by atoms with E-state index in [1.165, 1.54) is 6.07 Å². The number of halogens is 1. The van der Waals surface area contributed by atoms with E-state index >= 15 is 0 Å². The number of anilines is 1.